The fraction of sp³-hybridized carbons (Fsp3) is 0.238. The monoisotopic (exact) mass is 418 g/mol. The van der Waals surface area contributed by atoms with Crippen molar-refractivity contribution in [2.24, 2.45) is 0 Å². The van der Waals surface area contributed by atoms with Crippen LogP contribution in [0, 0.1) is 0 Å². The molecule has 7 heteroatoms. The second-order valence-corrected chi connectivity index (χ2v) is 7.30. The molecule has 0 unspecified atom stereocenters. The molecule has 0 spiro atoms. The van der Waals surface area contributed by atoms with Gasteiger partial charge in [-0.05, 0) is 55.1 Å². The van der Waals surface area contributed by atoms with E-state index >= 15 is 0 Å². The number of amides is 1. The minimum Gasteiger partial charge on any atom is -0.505 e. The van der Waals surface area contributed by atoms with Gasteiger partial charge >= 0.3 is 0 Å². The predicted octanol–water partition coefficient (Wildman–Crippen LogP) is 4.72. The molecule has 0 atom stereocenters. The number of hydrogen-bond acceptors (Lipinski definition) is 4. The van der Waals surface area contributed by atoms with E-state index in [1.54, 1.807) is 24.3 Å². The Morgan fingerprint density at radius 2 is 1.79 bits per heavy atom. The molecule has 5 nitrogen and oxygen atoms in total. The van der Waals surface area contributed by atoms with Gasteiger partial charge in [-0.3, -0.25) is 14.5 Å². The number of benzene rings is 2. The number of nitrogens with one attached hydrogen (secondary N) is 1. The van der Waals surface area contributed by atoms with Crippen LogP contribution in [0.15, 0.2) is 30.3 Å². The van der Waals surface area contributed by atoms with Crippen molar-refractivity contribution in [1.29, 1.82) is 0 Å². The molecule has 0 radical (unpaired) electrons. The van der Waals surface area contributed by atoms with Gasteiger partial charge in [-0.1, -0.05) is 37.0 Å². The van der Waals surface area contributed by atoms with E-state index in [9.17, 15) is 14.7 Å². The molecule has 1 aliphatic rings. The molecule has 28 heavy (non-hydrogen) atoms. The van der Waals surface area contributed by atoms with Gasteiger partial charge in [0, 0.05) is 22.4 Å². The lowest BCUT2D eigenvalue weighted by Crippen LogP contribution is -2.29. The molecule has 2 N–H and O–H groups in total. The maximum absolute atomic E-state index is 12.6. The first-order valence-electron chi connectivity index (χ1n) is 8.95. The summed E-state index contributed by atoms with van der Waals surface area (Å²) in [6.07, 6.45) is 1.64. The van der Waals surface area contributed by atoms with Crippen molar-refractivity contribution in [2.45, 2.75) is 13.8 Å². The molecule has 1 aliphatic heterocycles. The van der Waals surface area contributed by atoms with Crippen molar-refractivity contribution in [3.8, 4) is 5.75 Å². The lowest BCUT2D eigenvalue weighted by molar-refractivity contribution is -0.110. The van der Waals surface area contributed by atoms with Crippen LogP contribution in [0.1, 0.15) is 35.3 Å². The number of likely N-dealkylation sites (N-methyl/N-ethyl adjacent to an activating group) is 1. The zero-order valence-corrected chi connectivity index (χ0v) is 17.1. The van der Waals surface area contributed by atoms with Crippen LogP contribution in [0.5, 0.6) is 5.75 Å². The van der Waals surface area contributed by atoms with E-state index in [1.807, 2.05) is 18.7 Å². The van der Waals surface area contributed by atoms with Crippen LogP contribution in [-0.2, 0) is 4.79 Å². The molecule has 1 heterocycles. The number of phenols is 1. The predicted molar refractivity (Wildman–Crippen MR) is 113 cm³/mol. The average Bonchev–Trinajstić information content (AvgIpc) is 2.98. The van der Waals surface area contributed by atoms with Crippen molar-refractivity contribution in [3.05, 3.63) is 57.1 Å². The number of carbonyl (C=O) groups is 2. The summed E-state index contributed by atoms with van der Waals surface area (Å²) >= 11 is 11.9. The molecule has 0 saturated heterocycles. The molecule has 2 aromatic carbocycles. The lowest BCUT2D eigenvalue weighted by Gasteiger charge is -2.17. The third-order valence-electron chi connectivity index (χ3n) is 4.74. The van der Waals surface area contributed by atoms with Crippen LogP contribution >= 0.6 is 23.2 Å². The zero-order valence-electron chi connectivity index (χ0n) is 15.6. The number of phenolic OH excluding ortho intramolecular Hbond substituents is 1. The Bertz CT molecular complexity index is 959. The Labute approximate surface area is 173 Å². The summed E-state index contributed by atoms with van der Waals surface area (Å²) in [6.45, 7) is 5.94. The third-order valence-corrected chi connectivity index (χ3v) is 5.31. The molecule has 3 rings (SSSR count). The second-order valence-electron chi connectivity index (χ2n) is 6.49. The molecule has 0 bridgehead atoms. The molecule has 0 saturated carbocycles. The maximum Gasteiger partial charge on any atom is 0.256 e. The number of hydrogen-bond donors (Lipinski definition) is 2. The molecule has 0 fully saturated rings. The zero-order chi connectivity index (χ0) is 20.4. The number of fused-ring (bicyclic) bond motifs is 1. The molecule has 1 amide bonds. The number of nitrogens with zero attached hydrogens (tertiary/aromatic N) is 1. The SMILES string of the molecule is CCN(CC)CC(=O)c1ccc2c(c1)C(=Cc1cc(Cl)c(O)c(Cl)c1)C(=O)N2. The van der Waals surface area contributed by atoms with Gasteiger partial charge in [0.1, 0.15) is 0 Å². The fourth-order valence-electron chi connectivity index (χ4n) is 3.08. The van der Waals surface area contributed by atoms with Gasteiger partial charge in [-0.25, -0.2) is 0 Å². The van der Waals surface area contributed by atoms with Crippen molar-refractivity contribution in [1.82, 2.24) is 4.90 Å². The highest BCUT2D eigenvalue weighted by atomic mass is 35.5. The van der Waals surface area contributed by atoms with Gasteiger partial charge in [0.25, 0.3) is 5.91 Å². The van der Waals surface area contributed by atoms with Gasteiger partial charge < -0.3 is 10.4 Å². The summed E-state index contributed by atoms with van der Waals surface area (Å²) in [5.41, 5.74) is 2.83. The Hall–Kier alpha value is -2.34. The molecule has 0 aliphatic carbocycles. The number of halogens is 2. The van der Waals surface area contributed by atoms with Gasteiger partial charge in [0.15, 0.2) is 11.5 Å². The Balaban J connectivity index is 1.98. The number of aromatic hydroxyl groups is 1. The Morgan fingerprint density at radius 3 is 2.39 bits per heavy atom. The minimum absolute atomic E-state index is 0.000853. The van der Waals surface area contributed by atoms with Crippen molar-refractivity contribution >= 4 is 52.2 Å². The van der Waals surface area contributed by atoms with Crippen LogP contribution in [0.3, 0.4) is 0 Å². The minimum atomic E-state index is -0.274. The quantitative estimate of drug-likeness (QED) is 0.525. The summed E-state index contributed by atoms with van der Waals surface area (Å²) in [5, 5.41) is 12.7. The first kappa shape index (κ1) is 20.4. The first-order chi connectivity index (χ1) is 13.3. The van der Waals surface area contributed by atoms with E-state index in [4.69, 9.17) is 23.2 Å². The van der Waals surface area contributed by atoms with Gasteiger partial charge in [-0.15, -0.1) is 0 Å². The summed E-state index contributed by atoms with van der Waals surface area (Å²) in [6, 6.07) is 8.24. The number of rotatable bonds is 6. The maximum atomic E-state index is 12.6. The molecule has 146 valence electrons. The first-order valence-corrected chi connectivity index (χ1v) is 9.70. The lowest BCUT2D eigenvalue weighted by atomic mass is 10.00. The van der Waals surface area contributed by atoms with Crippen LogP contribution in [0.25, 0.3) is 11.6 Å². The highest BCUT2D eigenvalue weighted by molar-refractivity contribution is 6.38. The van der Waals surface area contributed by atoms with Crippen molar-refractivity contribution in [3.63, 3.8) is 0 Å². The van der Waals surface area contributed by atoms with E-state index in [0.29, 0.717) is 34.5 Å². The number of Topliss-reactive ketones (excluding diaryl/α,β-unsaturated/α-hetero) is 1. The van der Waals surface area contributed by atoms with Crippen LogP contribution in [-0.4, -0.2) is 41.3 Å². The van der Waals surface area contributed by atoms with E-state index in [0.717, 1.165) is 13.1 Å². The van der Waals surface area contributed by atoms with Crippen LogP contribution in [0.4, 0.5) is 5.69 Å². The fourth-order valence-corrected chi connectivity index (χ4v) is 3.59. The highest BCUT2D eigenvalue weighted by Gasteiger charge is 2.25. The summed E-state index contributed by atoms with van der Waals surface area (Å²) in [7, 11) is 0. The molecular formula is C21H20Cl2N2O3. The normalized spacial score (nSPS) is 14.5. The highest BCUT2D eigenvalue weighted by Crippen LogP contribution is 2.37. The number of ketones is 1. The van der Waals surface area contributed by atoms with Crippen LogP contribution < -0.4 is 5.32 Å². The van der Waals surface area contributed by atoms with Crippen molar-refractivity contribution < 1.29 is 14.7 Å². The van der Waals surface area contributed by atoms with Crippen molar-refractivity contribution in [2.75, 3.05) is 25.0 Å². The largest absolute Gasteiger partial charge is 0.505 e. The smallest absolute Gasteiger partial charge is 0.256 e. The van der Waals surface area contributed by atoms with Gasteiger partial charge in [-0.2, -0.15) is 0 Å². The number of anilines is 1. The van der Waals surface area contributed by atoms with E-state index < -0.39 is 0 Å². The topological polar surface area (TPSA) is 69.6 Å². The second kappa shape index (κ2) is 8.35. The van der Waals surface area contributed by atoms with Gasteiger partial charge in [0.05, 0.1) is 16.6 Å². The standard InChI is InChI=1S/C21H20Cl2N2O3/c1-3-25(4-2)11-19(26)13-5-6-18-14(10-13)15(21(28)24-18)7-12-8-16(22)20(27)17(23)9-12/h5-10,27H,3-4,11H2,1-2H3,(H,24,28). The Morgan fingerprint density at radius 1 is 1.14 bits per heavy atom. The summed E-state index contributed by atoms with van der Waals surface area (Å²) < 4.78 is 0. The number of carbonyl (C=O) groups excluding carboxylic acids is 2. The molecule has 0 aromatic heterocycles. The molecular weight excluding hydrogens is 399 g/mol. The van der Waals surface area contributed by atoms with E-state index in [-0.39, 0.29) is 27.5 Å². The van der Waals surface area contributed by atoms with Crippen LogP contribution in [0.2, 0.25) is 10.0 Å². The average molecular weight is 419 g/mol. The Kier molecular flexibility index (Phi) is 6.08. The third kappa shape index (κ3) is 4.07. The summed E-state index contributed by atoms with van der Waals surface area (Å²) in [5.74, 6) is -0.476. The molecule has 2 aromatic rings. The van der Waals surface area contributed by atoms with E-state index in [1.165, 1.54) is 12.1 Å². The van der Waals surface area contributed by atoms with E-state index in [2.05, 4.69) is 5.32 Å². The van der Waals surface area contributed by atoms with Gasteiger partial charge in [0.2, 0.25) is 0 Å². The summed E-state index contributed by atoms with van der Waals surface area (Å²) in [4.78, 5) is 27.1.